The third-order valence-electron chi connectivity index (χ3n) is 3.72. The van der Waals surface area contributed by atoms with Crippen LogP contribution in [0.2, 0.25) is 0 Å². The third kappa shape index (κ3) is 3.62. The number of benzene rings is 1. The lowest BCUT2D eigenvalue weighted by Gasteiger charge is -2.10. The summed E-state index contributed by atoms with van der Waals surface area (Å²) in [6.07, 6.45) is 4.75. The molecule has 2 heterocycles. The van der Waals surface area contributed by atoms with Gasteiger partial charge in [-0.1, -0.05) is 13.3 Å². The summed E-state index contributed by atoms with van der Waals surface area (Å²) in [5.74, 6) is 0.945. The van der Waals surface area contributed by atoms with E-state index in [4.69, 9.17) is 4.74 Å². The summed E-state index contributed by atoms with van der Waals surface area (Å²) in [6.45, 7) is 2.41. The molecule has 3 aromatic rings. The number of unbranched alkanes of at least 4 members (excludes halogenated alkanes) is 1. The Hall–Kier alpha value is -2.52. The van der Waals surface area contributed by atoms with E-state index in [-0.39, 0.29) is 4.90 Å². The normalized spacial score (nSPS) is 11.8. The molecule has 0 aliphatic heterocycles. The Balaban J connectivity index is 1.97. The summed E-state index contributed by atoms with van der Waals surface area (Å²) in [5, 5.41) is 0. The van der Waals surface area contributed by atoms with Crippen LogP contribution in [0.3, 0.4) is 0 Å². The molecule has 0 amide bonds. The molecule has 0 saturated heterocycles. The van der Waals surface area contributed by atoms with Gasteiger partial charge in [0, 0.05) is 12.6 Å². The third-order valence-corrected chi connectivity index (χ3v) is 5.18. The predicted molar refractivity (Wildman–Crippen MR) is 93.8 cm³/mol. The fraction of sp³-hybridized carbons (Fsp3) is 0.312. The Morgan fingerprint density at radius 3 is 2.88 bits per heavy atom. The van der Waals surface area contributed by atoms with E-state index in [9.17, 15) is 8.42 Å². The van der Waals surface area contributed by atoms with Gasteiger partial charge in [-0.3, -0.25) is 0 Å². The van der Waals surface area contributed by atoms with Gasteiger partial charge in [-0.05, 0) is 18.6 Å². The number of H-pyrrole nitrogens is 1. The van der Waals surface area contributed by atoms with Crippen molar-refractivity contribution in [2.75, 3.05) is 13.7 Å². The van der Waals surface area contributed by atoms with Gasteiger partial charge in [-0.2, -0.15) is 0 Å². The SMILES string of the molecule is CCCCNS(=O)(=O)c1ccc(-c2nc3ncncc3[nH]2)c(OC)c1. The fourth-order valence-corrected chi connectivity index (χ4v) is 3.48. The highest BCUT2D eigenvalue weighted by atomic mass is 32.2. The average Bonchev–Trinajstić information content (AvgIpc) is 3.05. The van der Waals surface area contributed by atoms with E-state index >= 15 is 0 Å². The first kappa shape index (κ1) is 17.3. The van der Waals surface area contributed by atoms with Gasteiger partial charge in [-0.25, -0.2) is 28.1 Å². The molecule has 8 nitrogen and oxygen atoms in total. The van der Waals surface area contributed by atoms with Crippen LogP contribution >= 0.6 is 0 Å². The smallest absolute Gasteiger partial charge is 0.240 e. The summed E-state index contributed by atoms with van der Waals surface area (Å²) in [7, 11) is -2.08. The minimum absolute atomic E-state index is 0.153. The number of hydrogen-bond acceptors (Lipinski definition) is 6. The molecule has 2 N–H and O–H groups in total. The van der Waals surface area contributed by atoms with Crippen molar-refractivity contribution >= 4 is 21.2 Å². The first-order valence-electron chi connectivity index (χ1n) is 7.89. The molecular weight excluding hydrogens is 342 g/mol. The molecule has 0 unspecified atom stereocenters. The number of rotatable bonds is 7. The van der Waals surface area contributed by atoms with Crippen LogP contribution in [0.25, 0.3) is 22.6 Å². The second kappa shape index (κ2) is 7.16. The van der Waals surface area contributed by atoms with Crippen LogP contribution in [0.1, 0.15) is 19.8 Å². The molecule has 0 atom stereocenters. The zero-order valence-electron chi connectivity index (χ0n) is 14.0. The van der Waals surface area contributed by atoms with Crippen LogP contribution in [0.4, 0.5) is 0 Å². The quantitative estimate of drug-likeness (QED) is 0.624. The molecule has 132 valence electrons. The molecule has 0 aliphatic carbocycles. The molecule has 0 aliphatic rings. The number of sulfonamides is 1. The fourth-order valence-electron chi connectivity index (χ4n) is 2.39. The number of nitrogens with one attached hydrogen (secondary N) is 2. The van der Waals surface area contributed by atoms with Crippen molar-refractivity contribution in [1.29, 1.82) is 0 Å². The Morgan fingerprint density at radius 2 is 2.16 bits per heavy atom. The molecule has 0 fully saturated rings. The number of nitrogens with zero attached hydrogens (tertiary/aromatic N) is 3. The molecule has 25 heavy (non-hydrogen) atoms. The van der Waals surface area contributed by atoms with Crippen LogP contribution in [0, 0.1) is 0 Å². The van der Waals surface area contributed by atoms with Crippen molar-refractivity contribution < 1.29 is 13.2 Å². The number of hydrogen-bond donors (Lipinski definition) is 2. The maximum absolute atomic E-state index is 12.4. The largest absolute Gasteiger partial charge is 0.496 e. The standard InChI is InChI=1S/C16H19N5O3S/c1-3-4-7-19-25(22,23)11-5-6-12(14(8-11)24-2)15-20-13-9-17-10-18-16(13)21-15/h5-6,8-10,19H,3-4,7H2,1-2H3,(H,17,18,20,21). The first-order chi connectivity index (χ1) is 12.0. The van der Waals surface area contributed by atoms with Gasteiger partial charge in [0.2, 0.25) is 10.0 Å². The van der Waals surface area contributed by atoms with Gasteiger partial charge >= 0.3 is 0 Å². The van der Waals surface area contributed by atoms with E-state index in [1.54, 1.807) is 12.3 Å². The van der Waals surface area contributed by atoms with Gasteiger partial charge in [0.1, 0.15) is 23.4 Å². The molecule has 9 heteroatoms. The monoisotopic (exact) mass is 361 g/mol. The molecular formula is C16H19N5O3S. The maximum atomic E-state index is 12.4. The lowest BCUT2D eigenvalue weighted by molar-refractivity contribution is 0.414. The van der Waals surface area contributed by atoms with E-state index in [0.717, 1.165) is 12.8 Å². The predicted octanol–water partition coefficient (Wildman–Crippen LogP) is 2.11. The topological polar surface area (TPSA) is 110 Å². The summed E-state index contributed by atoms with van der Waals surface area (Å²) >= 11 is 0. The highest BCUT2D eigenvalue weighted by Crippen LogP contribution is 2.31. The van der Waals surface area contributed by atoms with Crippen molar-refractivity contribution in [1.82, 2.24) is 24.7 Å². The Bertz CT molecular complexity index is 951. The summed E-state index contributed by atoms with van der Waals surface area (Å²) in [5.41, 5.74) is 1.87. The molecule has 0 bridgehead atoms. The number of imidazole rings is 1. The van der Waals surface area contributed by atoms with E-state index in [2.05, 4.69) is 24.7 Å². The van der Waals surface area contributed by atoms with E-state index < -0.39 is 10.0 Å². The van der Waals surface area contributed by atoms with Crippen molar-refractivity contribution in [2.24, 2.45) is 0 Å². The number of aromatic nitrogens is 4. The minimum atomic E-state index is -3.57. The van der Waals surface area contributed by atoms with Crippen LogP contribution < -0.4 is 9.46 Å². The molecule has 0 spiro atoms. The van der Waals surface area contributed by atoms with Crippen LogP contribution in [0.15, 0.2) is 35.6 Å². The van der Waals surface area contributed by atoms with E-state index in [1.165, 1.54) is 25.6 Å². The second-order valence-corrected chi connectivity index (χ2v) is 7.23. The van der Waals surface area contributed by atoms with Gasteiger partial charge in [0.05, 0.1) is 23.8 Å². The van der Waals surface area contributed by atoms with Crippen LogP contribution in [0.5, 0.6) is 5.75 Å². The number of fused-ring (bicyclic) bond motifs is 1. The van der Waals surface area contributed by atoms with Gasteiger partial charge in [-0.15, -0.1) is 0 Å². The lowest BCUT2D eigenvalue weighted by atomic mass is 10.2. The first-order valence-corrected chi connectivity index (χ1v) is 9.37. The molecule has 0 saturated carbocycles. The van der Waals surface area contributed by atoms with Crippen molar-refractivity contribution in [2.45, 2.75) is 24.7 Å². The maximum Gasteiger partial charge on any atom is 0.240 e. The van der Waals surface area contributed by atoms with Crippen LogP contribution in [-0.2, 0) is 10.0 Å². The zero-order valence-corrected chi connectivity index (χ0v) is 14.8. The molecule has 0 radical (unpaired) electrons. The summed E-state index contributed by atoms with van der Waals surface area (Å²) in [4.78, 5) is 15.7. The molecule has 3 rings (SSSR count). The Labute approximate surface area is 145 Å². The zero-order chi connectivity index (χ0) is 17.9. The van der Waals surface area contributed by atoms with Gasteiger partial charge < -0.3 is 9.72 Å². The highest BCUT2D eigenvalue weighted by molar-refractivity contribution is 7.89. The van der Waals surface area contributed by atoms with Crippen molar-refractivity contribution in [3.63, 3.8) is 0 Å². The summed E-state index contributed by atoms with van der Waals surface area (Å²) < 4.78 is 32.7. The lowest BCUT2D eigenvalue weighted by Crippen LogP contribution is -2.24. The Morgan fingerprint density at radius 1 is 1.32 bits per heavy atom. The minimum Gasteiger partial charge on any atom is -0.496 e. The average molecular weight is 361 g/mol. The van der Waals surface area contributed by atoms with Crippen molar-refractivity contribution in [3.05, 3.63) is 30.7 Å². The highest BCUT2D eigenvalue weighted by Gasteiger charge is 2.18. The van der Waals surface area contributed by atoms with E-state index in [1.807, 2.05) is 6.92 Å². The second-order valence-electron chi connectivity index (χ2n) is 5.46. The Kier molecular flexibility index (Phi) is 4.95. The molecule has 2 aromatic heterocycles. The van der Waals surface area contributed by atoms with Gasteiger partial charge in [0.25, 0.3) is 0 Å². The van der Waals surface area contributed by atoms with Gasteiger partial charge in [0.15, 0.2) is 5.65 Å². The van der Waals surface area contributed by atoms with Crippen LogP contribution in [-0.4, -0.2) is 42.0 Å². The number of ether oxygens (including phenoxy) is 1. The number of aromatic amines is 1. The number of methoxy groups -OCH3 is 1. The van der Waals surface area contributed by atoms with E-state index in [0.29, 0.717) is 34.8 Å². The van der Waals surface area contributed by atoms with Crippen molar-refractivity contribution in [3.8, 4) is 17.1 Å². The summed E-state index contributed by atoms with van der Waals surface area (Å²) in [6, 6.07) is 4.69. The molecule has 1 aromatic carbocycles.